The average molecular weight is 393 g/mol. The van der Waals surface area contributed by atoms with Crippen molar-refractivity contribution in [3.63, 3.8) is 0 Å². The standard InChI is InChI=1S/C15H21F2N3O5S/c1-2-24-15(21)19-7-9-20(10-8-19)26(22,23)18-11-12-3-5-13(6-4-12)25-14(16)17/h3-6,14,18H,2,7-11H2,1H3. The van der Waals surface area contributed by atoms with Gasteiger partial charge in [0, 0.05) is 32.7 Å². The van der Waals surface area contributed by atoms with Crippen LogP contribution in [0, 0.1) is 0 Å². The van der Waals surface area contributed by atoms with Gasteiger partial charge in [0.1, 0.15) is 5.75 Å². The number of hydrogen-bond acceptors (Lipinski definition) is 5. The second-order valence-electron chi connectivity index (χ2n) is 5.43. The SMILES string of the molecule is CCOC(=O)N1CCN(S(=O)(=O)NCc2ccc(OC(F)F)cc2)CC1. The molecule has 0 aromatic heterocycles. The number of carbonyl (C=O) groups is 1. The number of alkyl halides is 2. The van der Waals surface area contributed by atoms with E-state index in [1.54, 1.807) is 6.92 Å². The number of ether oxygens (including phenoxy) is 2. The van der Waals surface area contributed by atoms with Crippen LogP contribution in [0.4, 0.5) is 13.6 Å². The first-order valence-electron chi connectivity index (χ1n) is 8.02. The molecule has 2 rings (SSSR count). The predicted octanol–water partition coefficient (Wildman–Crippen LogP) is 1.40. The molecule has 0 aliphatic carbocycles. The van der Waals surface area contributed by atoms with Crippen LogP contribution in [0.5, 0.6) is 5.75 Å². The Morgan fingerprint density at radius 1 is 1.19 bits per heavy atom. The molecule has 0 bridgehead atoms. The summed E-state index contributed by atoms with van der Waals surface area (Å²) < 4.78 is 61.7. The summed E-state index contributed by atoms with van der Waals surface area (Å²) in [6, 6.07) is 5.68. The quantitative estimate of drug-likeness (QED) is 0.757. The van der Waals surface area contributed by atoms with Crippen molar-refractivity contribution in [3.8, 4) is 5.75 Å². The molecule has 1 aromatic carbocycles. The maximum absolute atomic E-state index is 12.3. The lowest BCUT2D eigenvalue weighted by atomic mass is 10.2. The van der Waals surface area contributed by atoms with Gasteiger partial charge in [-0.15, -0.1) is 0 Å². The smallest absolute Gasteiger partial charge is 0.409 e. The molecule has 0 atom stereocenters. The van der Waals surface area contributed by atoms with Gasteiger partial charge in [-0.1, -0.05) is 12.1 Å². The van der Waals surface area contributed by atoms with Crippen molar-refractivity contribution in [2.45, 2.75) is 20.1 Å². The van der Waals surface area contributed by atoms with Crippen LogP contribution in [0.1, 0.15) is 12.5 Å². The molecule has 11 heteroatoms. The van der Waals surface area contributed by atoms with Crippen LogP contribution in [0.25, 0.3) is 0 Å². The highest BCUT2D eigenvalue weighted by Crippen LogP contribution is 2.15. The second-order valence-corrected chi connectivity index (χ2v) is 7.19. The molecule has 1 aliphatic heterocycles. The average Bonchev–Trinajstić information content (AvgIpc) is 2.61. The number of rotatable bonds is 7. The van der Waals surface area contributed by atoms with E-state index in [0.717, 1.165) is 0 Å². The summed E-state index contributed by atoms with van der Waals surface area (Å²) in [6.07, 6.45) is -0.455. The minimum absolute atomic E-state index is 0.00157. The first-order valence-corrected chi connectivity index (χ1v) is 9.46. The fraction of sp³-hybridized carbons (Fsp3) is 0.533. The molecule has 146 valence electrons. The van der Waals surface area contributed by atoms with Crippen molar-refractivity contribution in [2.24, 2.45) is 0 Å². The van der Waals surface area contributed by atoms with Gasteiger partial charge < -0.3 is 14.4 Å². The molecule has 1 amide bonds. The molecule has 0 unspecified atom stereocenters. The van der Waals surface area contributed by atoms with Crippen LogP contribution in [0.2, 0.25) is 0 Å². The lowest BCUT2D eigenvalue weighted by Crippen LogP contribution is -2.53. The van der Waals surface area contributed by atoms with Crippen molar-refractivity contribution in [3.05, 3.63) is 29.8 Å². The Hall–Kier alpha value is -1.98. The van der Waals surface area contributed by atoms with Crippen molar-refractivity contribution >= 4 is 16.3 Å². The molecular formula is C15H21F2N3O5S. The van der Waals surface area contributed by atoms with Gasteiger partial charge in [0.2, 0.25) is 0 Å². The summed E-state index contributed by atoms with van der Waals surface area (Å²) >= 11 is 0. The monoisotopic (exact) mass is 393 g/mol. The number of amides is 1. The lowest BCUT2D eigenvalue weighted by molar-refractivity contribution is -0.0498. The zero-order chi connectivity index (χ0) is 19.2. The molecule has 1 heterocycles. The molecule has 8 nitrogen and oxygen atoms in total. The van der Waals surface area contributed by atoms with Crippen molar-refractivity contribution < 1.29 is 31.5 Å². The number of carbonyl (C=O) groups excluding carboxylic acids is 1. The first-order chi connectivity index (χ1) is 12.3. The van der Waals surface area contributed by atoms with Crippen molar-refractivity contribution in [1.82, 2.24) is 13.9 Å². The molecule has 1 saturated heterocycles. The van der Waals surface area contributed by atoms with Gasteiger partial charge in [0.05, 0.1) is 6.61 Å². The molecule has 0 saturated carbocycles. The van der Waals surface area contributed by atoms with Gasteiger partial charge in [0.25, 0.3) is 10.2 Å². The van der Waals surface area contributed by atoms with E-state index in [9.17, 15) is 22.0 Å². The third-order valence-corrected chi connectivity index (χ3v) is 5.27. The third kappa shape index (κ3) is 5.78. The zero-order valence-electron chi connectivity index (χ0n) is 14.2. The number of halogens is 2. The Bertz CT molecular complexity index is 692. The van der Waals surface area contributed by atoms with Gasteiger partial charge in [-0.25, -0.2) is 4.79 Å². The Morgan fingerprint density at radius 3 is 2.35 bits per heavy atom. The second kappa shape index (κ2) is 9.10. The fourth-order valence-corrected chi connectivity index (χ4v) is 3.56. The highest BCUT2D eigenvalue weighted by atomic mass is 32.2. The largest absolute Gasteiger partial charge is 0.450 e. The Kier molecular flexibility index (Phi) is 7.12. The Morgan fingerprint density at radius 2 is 1.81 bits per heavy atom. The van der Waals surface area contributed by atoms with Gasteiger partial charge in [0.15, 0.2) is 0 Å². The zero-order valence-corrected chi connectivity index (χ0v) is 15.0. The number of benzene rings is 1. The number of nitrogens with one attached hydrogen (secondary N) is 1. The molecule has 1 fully saturated rings. The third-order valence-electron chi connectivity index (χ3n) is 3.71. The highest BCUT2D eigenvalue weighted by Gasteiger charge is 2.29. The van der Waals surface area contributed by atoms with E-state index in [4.69, 9.17) is 4.74 Å². The molecule has 26 heavy (non-hydrogen) atoms. The number of piperazine rings is 1. The predicted molar refractivity (Wildman–Crippen MR) is 89.0 cm³/mol. The van der Waals surface area contributed by atoms with Gasteiger partial charge >= 0.3 is 12.7 Å². The molecular weight excluding hydrogens is 372 g/mol. The van der Waals surface area contributed by atoms with E-state index in [1.165, 1.54) is 33.5 Å². The maximum Gasteiger partial charge on any atom is 0.409 e. The van der Waals surface area contributed by atoms with Crippen LogP contribution in [-0.2, 0) is 21.5 Å². The van der Waals surface area contributed by atoms with Gasteiger partial charge in [-0.05, 0) is 24.6 Å². The summed E-state index contributed by atoms with van der Waals surface area (Å²) in [4.78, 5) is 13.1. The summed E-state index contributed by atoms with van der Waals surface area (Å²) in [5, 5.41) is 0. The molecule has 0 radical (unpaired) electrons. The van der Waals surface area contributed by atoms with E-state index in [0.29, 0.717) is 5.56 Å². The van der Waals surface area contributed by atoms with Crippen molar-refractivity contribution in [1.29, 1.82) is 0 Å². The topological polar surface area (TPSA) is 88.2 Å². The molecule has 1 aliphatic rings. The highest BCUT2D eigenvalue weighted by molar-refractivity contribution is 7.87. The first kappa shape index (κ1) is 20.3. The van der Waals surface area contributed by atoms with Crippen molar-refractivity contribution in [2.75, 3.05) is 32.8 Å². The molecule has 0 spiro atoms. The number of nitrogens with zero attached hydrogens (tertiary/aromatic N) is 2. The number of hydrogen-bond donors (Lipinski definition) is 1. The Labute approximate surface area is 150 Å². The maximum atomic E-state index is 12.3. The summed E-state index contributed by atoms with van der Waals surface area (Å²) in [6.45, 7) is -0.110. The van der Waals surface area contributed by atoms with Crippen LogP contribution < -0.4 is 9.46 Å². The van der Waals surface area contributed by atoms with Crippen LogP contribution >= 0.6 is 0 Å². The molecule has 1 aromatic rings. The minimum Gasteiger partial charge on any atom is -0.450 e. The van der Waals surface area contributed by atoms with E-state index >= 15 is 0 Å². The van der Waals surface area contributed by atoms with Crippen LogP contribution in [0.3, 0.4) is 0 Å². The fourth-order valence-electron chi connectivity index (χ4n) is 2.38. The molecule has 1 N–H and O–H groups in total. The van der Waals surface area contributed by atoms with Crippen LogP contribution in [0.15, 0.2) is 24.3 Å². The lowest BCUT2D eigenvalue weighted by Gasteiger charge is -2.33. The van der Waals surface area contributed by atoms with E-state index in [1.807, 2.05) is 0 Å². The van der Waals surface area contributed by atoms with Gasteiger partial charge in [-0.3, -0.25) is 0 Å². The van der Waals surface area contributed by atoms with E-state index < -0.39 is 22.9 Å². The minimum atomic E-state index is -3.72. The summed E-state index contributed by atoms with van der Waals surface area (Å²) in [5.41, 5.74) is 0.598. The summed E-state index contributed by atoms with van der Waals surface area (Å²) in [7, 11) is -3.72. The van der Waals surface area contributed by atoms with Gasteiger partial charge in [-0.2, -0.15) is 26.2 Å². The normalized spacial score (nSPS) is 15.9. The summed E-state index contributed by atoms with van der Waals surface area (Å²) in [5.74, 6) is 0.00157. The van der Waals surface area contributed by atoms with E-state index in [2.05, 4.69) is 9.46 Å². The Balaban J connectivity index is 1.84. The van der Waals surface area contributed by atoms with Crippen LogP contribution in [-0.4, -0.2) is 63.1 Å². The van der Waals surface area contributed by atoms with E-state index in [-0.39, 0.29) is 45.1 Å².